The summed E-state index contributed by atoms with van der Waals surface area (Å²) in [5, 5.41) is 13.2. The van der Waals surface area contributed by atoms with E-state index in [2.05, 4.69) is 10.3 Å². The van der Waals surface area contributed by atoms with E-state index >= 15 is 0 Å². The van der Waals surface area contributed by atoms with Gasteiger partial charge in [0.1, 0.15) is 5.82 Å². The van der Waals surface area contributed by atoms with E-state index in [1.165, 1.54) is 18.7 Å². The predicted molar refractivity (Wildman–Crippen MR) is 63.9 cm³/mol. The molecule has 0 radical (unpaired) electrons. The van der Waals surface area contributed by atoms with E-state index in [0.717, 1.165) is 31.2 Å². The van der Waals surface area contributed by atoms with Crippen LogP contribution in [0.4, 0.5) is 4.39 Å². The molecule has 0 aliphatic heterocycles. The molecule has 3 nitrogen and oxygen atoms in total. The zero-order valence-electron chi connectivity index (χ0n) is 9.90. The second-order valence-electron chi connectivity index (χ2n) is 4.70. The van der Waals surface area contributed by atoms with Gasteiger partial charge in [0.25, 0.3) is 0 Å². The van der Waals surface area contributed by atoms with Crippen LogP contribution in [0.25, 0.3) is 0 Å². The highest BCUT2D eigenvalue weighted by Crippen LogP contribution is 2.18. The first-order valence-electron chi connectivity index (χ1n) is 6.26. The third kappa shape index (κ3) is 3.75. The molecule has 1 saturated carbocycles. The molecule has 1 fully saturated rings. The molecule has 1 aliphatic carbocycles. The second kappa shape index (κ2) is 6.07. The summed E-state index contributed by atoms with van der Waals surface area (Å²) in [6.45, 7) is 0.562. The van der Waals surface area contributed by atoms with Crippen molar-refractivity contribution in [2.75, 3.05) is 0 Å². The maximum atomic E-state index is 12.9. The largest absolute Gasteiger partial charge is 0.392 e. The van der Waals surface area contributed by atoms with Crippen molar-refractivity contribution in [1.82, 2.24) is 10.3 Å². The maximum Gasteiger partial charge on any atom is 0.141 e. The van der Waals surface area contributed by atoms with Gasteiger partial charge in [-0.05, 0) is 24.5 Å². The summed E-state index contributed by atoms with van der Waals surface area (Å²) in [5.41, 5.74) is 0.821. The topological polar surface area (TPSA) is 45.1 Å². The van der Waals surface area contributed by atoms with Crippen molar-refractivity contribution in [3.05, 3.63) is 29.8 Å². The molecule has 94 valence electrons. The van der Waals surface area contributed by atoms with Crippen LogP contribution in [0.1, 0.15) is 37.7 Å². The molecular weight excluding hydrogens is 219 g/mol. The lowest BCUT2D eigenvalue weighted by atomic mass is 10.1. The number of halogens is 1. The smallest absolute Gasteiger partial charge is 0.141 e. The molecule has 0 aromatic carbocycles. The molecule has 4 heteroatoms. The standard InChI is InChI=1S/C13H19FN2O/c14-11-6-10(7-15-9-11)8-16-12-4-2-1-3-5-13(12)17/h6-7,9,12-13,16-17H,1-5,8H2. The van der Waals surface area contributed by atoms with Gasteiger partial charge in [0.2, 0.25) is 0 Å². The number of nitrogens with zero attached hydrogens (tertiary/aromatic N) is 1. The van der Waals surface area contributed by atoms with Crippen LogP contribution in [-0.2, 0) is 6.54 Å². The summed E-state index contributed by atoms with van der Waals surface area (Å²) in [7, 11) is 0. The molecule has 2 atom stereocenters. The number of rotatable bonds is 3. The average Bonchev–Trinajstić information content (AvgIpc) is 2.52. The minimum Gasteiger partial charge on any atom is -0.392 e. The van der Waals surface area contributed by atoms with Crippen molar-refractivity contribution in [1.29, 1.82) is 0 Å². The number of aliphatic hydroxyl groups is 1. The molecule has 17 heavy (non-hydrogen) atoms. The van der Waals surface area contributed by atoms with Crippen molar-refractivity contribution in [2.45, 2.75) is 50.8 Å². The van der Waals surface area contributed by atoms with Gasteiger partial charge in [0, 0.05) is 18.8 Å². The lowest BCUT2D eigenvalue weighted by Gasteiger charge is -2.21. The Hall–Kier alpha value is -1.00. The first kappa shape index (κ1) is 12.5. The minimum absolute atomic E-state index is 0.126. The fraction of sp³-hybridized carbons (Fsp3) is 0.615. The van der Waals surface area contributed by atoms with E-state index in [-0.39, 0.29) is 18.0 Å². The van der Waals surface area contributed by atoms with Crippen LogP contribution in [0.5, 0.6) is 0 Å². The normalized spacial score (nSPS) is 25.5. The number of aliphatic hydroxyl groups excluding tert-OH is 1. The van der Waals surface area contributed by atoms with E-state index in [1.54, 1.807) is 6.20 Å². The Morgan fingerprint density at radius 1 is 1.29 bits per heavy atom. The van der Waals surface area contributed by atoms with Crippen LogP contribution in [-0.4, -0.2) is 22.2 Å². The SMILES string of the molecule is OC1CCCCCC1NCc1cncc(F)c1. The van der Waals surface area contributed by atoms with Crippen LogP contribution in [0, 0.1) is 5.82 Å². The van der Waals surface area contributed by atoms with Crippen LogP contribution in [0.15, 0.2) is 18.5 Å². The van der Waals surface area contributed by atoms with Gasteiger partial charge in [-0.1, -0.05) is 19.3 Å². The Morgan fingerprint density at radius 3 is 2.94 bits per heavy atom. The second-order valence-corrected chi connectivity index (χ2v) is 4.70. The molecule has 1 aromatic heterocycles. The summed E-state index contributed by atoms with van der Waals surface area (Å²) >= 11 is 0. The van der Waals surface area contributed by atoms with Crippen molar-refractivity contribution in [2.24, 2.45) is 0 Å². The fourth-order valence-electron chi connectivity index (χ4n) is 2.33. The molecule has 0 spiro atoms. The monoisotopic (exact) mass is 238 g/mol. The van der Waals surface area contributed by atoms with Gasteiger partial charge in [-0.3, -0.25) is 4.98 Å². The number of pyridine rings is 1. The average molecular weight is 238 g/mol. The van der Waals surface area contributed by atoms with Crippen LogP contribution >= 0.6 is 0 Å². The number of nitrogens with one attached hydrogen (secondary N) is 1. The van der Waals surface area contributed by atoms with Gasteiger partial charge in [-0.25, -0.2) is 4.39 Å². The summed E-state index contributed by atoms with van der Waals surface area (Å²) < 4.78 is 12.9. The van der Waals surface area contributed by atoms with E-state index < -0.39 is 0 Å². The van der Waals surface area contributed by atoms with Crippen molar-refractivity contribution < 1.29 is 9.50 Å². The summed E-state index contributed by atoms with van der Waals surface area (Å²) in [4.78, 5) is 3.81. The highest BCUT2D eigenvalue weighted by atomic mass is 19.1. The van der Waals surface area contributed by atoms with Crippen LogP contribution in [0.2, 0.25) is 0 Å². The fourth-order valence-corrected chi connectivity index (χ4v) is 2.33. The van der Waals surface area contributed by atoms with Gasteiger partial charge < -0.3 is 10.4 Å². The number of hydrogen-bond donors (Lipinski definition) is 2. The molecule has 2 N–H and O–H groups in total. The molecule has 1 aliphatic rings. The lowest BCUT2D eigenvalue weighted by molar-refractivity contribution is 0.119. The van der Waals surface area contributed by atoms with Crippen LogP contribution in [0.3, 0.4) is 0 Å². The van der Waals surface area contributed by atoms with Crippen LogP contribution < -0.4 is 5.32 Å². The van der Waals surface area contributed by atoms with E-state index in [0.29, 0.717) is 6.54 Å². The Bertz CT molecular complexity index is 359. The van der Waals surface area contributed by atoms with E-state index in [4.69, 9.17) is 0 Å². The lowest BCUT2D eigenvalue weighted by Crippen LogP contribution is -2.38. The molecule has 1 aromatic rings. The summed E-state index contributed by atoms with van der Waals surface area (Å²) in [5.74, 6) is -0.314. The Labute approximate surface area is 101 Å². The van der Waals surface area contributed by atoms with Crippen molar-refractivity contribution >= 4 is 0 Å². The van der Waals surface area contributed by atoms with E-state index in [9.17, 15) is 9.50 Å². The molecule has 0 saturated heterocycles. The molecule has 0 bridgehead atoms. The quantitative estimate of drug-likeness (QED) is 0.792. The maximum absolute atomic E-state index is 12.9. The number of aromatic nitrogens is 1. The minimum atomic E-state index is -0.314. The summed E-state index contributed by atoms with van der Waals surface area (Å²) in [6.07, 6.45) is 7.86. The molecule has 2 unspecified atom stereocenters. The first-order chi connectivity index (χ1) is 8.25. The van der Waals surface area contributed by atoms with E-state index in [1.807, 2.05) is 0 Å². The Morgan fingerprint density at radius 2 is 2.12 bits per heavy atom. The summed E-state index contributed by atoms with van der Waals surface area (Å²) in [6, 6.07) is 1.60. The molecule has 2 rings (SSSR count). The first-order valence-corrected chi connectivity index (χ1v) is 6.26. The molecule has 0 amide bonds. The van der Waals surface area contributed by atoms with Gasteiger partial charge in [0.15, 0.2) is 0 Å². The third-order valence-corrected chi connectivity index (χ3v) is 3.31. The highest BCUT2D eigenvalue weighted by Gasteiger charge is 2.20. The van der Waals surface area contributed by atoms with Gasteiger partial charge >= 0.3 is 0 Å². The van der Waals surface area contributed by atoms with Gasteiger partial charge in [0.05, 0.1) is 12.3 Å². The van der Waals surface area contributed by atoms with Crippen molar-refractivity contribution in [3.8, 4) is 0 Å². The van der Waals surface area contributed by atoms with Gasteiger partial charge in [-0.15, -0.1) is 0 Å². The Kier molecular flexibility index (Phi) is 4.45. The number of hydrogen-bond acceptors (Lipinski definition) is 3. The molecule has 1 heterocycles. The van der Waals surface area contributed by atoms with Gasteiger partial charge in [-0.2, -0.15) is 0 Å². The molecular formula is C13H19FN2O. The van der Waals surface area contributed by atoms with Crippen molar-refractivity contribution in [3.63, 3.8) is 0 Å². The zero-order chi connectivity index (χ0) is 12.1. The zero-order valence-corrected chi connectivity index (χ0v) is 9.90. The highest BCUT2D eigenvalue weighted by molar-refractivity contribution is 5.10. The third-order valence-electron chi connectivity index (χ3n) is 3.31. The Balaban J connectivity index is 1.88. The predicted octanol–water partition coefficient (Wildman–Crippen LogP) is 2.00.